The van der Waals surface area contributed by atoms with E-state index in [2.05, 4.69) is 5.32 Å². The van der Waals surface area contributed by atoms with Gasteiger partial charge in [0.2, 0.25) is 5.75 Å². The molecule has 1 aliphatic rings. The van der Waals surface area contributed by atoms with Crippen LogP contribution in [0.4, 0.5) is 4.79 Å². The van der Waals surface area contributed by atoms with Crippen LogP contribution in [0.5, 0.6) is 34.5 Å². The fraction of sp³-hybridized carbons (Fsp3) is 0.400. The summed E-state index contributed by atoms with van der Waals surface area (Å²) >= 11 is 0. The normalized spacial score (nSPS) is 14.7. The van der Waals surface area contributed by atoms with Crippen LogP contribution < -0.4 is 33.7 Å². The van der Waals surface area contributed by atoms with Crippen molar-refractivity contribution in [2.45, 2.75) is 52.2 Å². The van der Waals surface area contributed by atoms with Gasteiger partial charge in [-0.25, -0.2) is 9.59 Å². The maximum Gasteiger partial charge on any atom is 0.408 e. The van der Waals surface area contributed by atoms with Crippen molar-refractivity contribution in [2.24, 2.45) is 5.92 Å². The summed E-state index contributed by atoms with van der Waals surface area (Å²) in [5, 5.41) is 2.65. The summed E-state index contributed by atoms with van der Waals surface area (Å²) in [5.41, 5.74) is 2.09. The van der Waals surface area contributed by atoms with Crippen molar-refractivity contribution in [3.05, 3.63) is 70.8 Å². The number of carbonyl (C=O) groups excluding carboxylic acids is 3. The molecule has 1 N–H and O–H groups in total. The molecule has 46 heavy (non-hydrogen) atoms. The van der Waals surface area contributed by atoms with Crippen LogP contribution in [0.1, 0.15) is 47.8 Å². The van der Waals surface area contributed by atoms with E-state index in [9.17, 15) is 14.4 Å². The number of hydrogen-bond acceptors (Lipinski definition) is 10. The van der Waals surface area contributed by atoms with Gasteiger partial charge in [-0.2, -0.15) is 0 Å². The lowest BCUT2D eigenvalue weighted by Crippen LogP contribution is -2.46. The van der Waals surface area contributed by atoms with Gasteiger partial charge in [-0.3, -0.25) is 4.79 Å². The van der Waals surface area contributed by atoms with Gasteiger partial charge in [-0.15, -0.1) is 0 Å². The third kappa shape index (κ3) is 8.01. The lowest BCUT2D eigenvalue weighted by atomic mass is 9.88. The molecule has 1 amide bonds. The minimum Gasteiger partial charge on any atom is -0.493 e. The first kappa shape index (κ1) is 34.0. The van der Waals surface area contributed by atoms with Crippen molar-refractivity contribution >= 4 is 17.8 Å². The van der Waals surface area contributed by atoms with E-state index in [-0.39, 0.29) is 42.3 Å². The quantitative estimate of drug-likeness (QED) is 0.213. The SMILES string of the molecule is COc1ccc(CC2COc3cc(OC)c(OC)c(OC)c3C2=O)cc1OC(=O)[C@H](Cc1ccc(C)cc1)NC(=O)OC(C)(C)C. The van der Waals surface area contributed by atoms with E-state index in [1.807, 2.05) is 31.2 Å². The molecule has 0 radical (unpaired) electrons. The number of methoxy groups -OCH3 is 4. The van der Waals surface area contributed by atoms with Gasteiger partial charge in [-0.05, 0) is 57.4 Å². The Labute approximate surface area is 269 Å². The zero-order valence-corrected chi connectivity index (χ0v) is 27.5. The molecule has 0 saturated heterocycles. The molecule has 1 aliphatic heterocycles. The third-order valence-electron chi connectivity index (χ3n) is 7.31. The highest BCUT2D eigenvalue weighted by molar-refractivity contribution is 6.05. The molecular formula is C35H41NO10. The van der Waals surface area contributed by atoms with Crippen LogP contribution in [-0.2, 0) is 22.4 Å². The van der Waals surface area contributed by atoms with E-state index in [1.54, 1.807) is 45.0 Å². The number of Topliss-reactive ketones (excluding diaryl/α,β-unsaturated/α-hetero) is 1. The predicted molar refractivity (Wildman–Crippen MR) is 170 cm³/mol. The Bertz CT molecular complexity index is 1580. The Hall–Kier alpha value is -4.93. The zero-order valence-electron chi connectivity index (χ0n) is 27.5. The molecule has 2 atom stereocenters. The summed E-state index contributed by atoms with van der Waals surface area (Å²) in [6.07, 6.45) is -0.306. The molecule has 4 rings (SSSR count). The molecule has 1 heterocycles. The van der Waals surface area contributed by atoms with Gasteiger partial charge in [0.05, 0.1) is 41.0 Å². The molecule has 1 unspecified atom stereocenters. The fourth-order valence-electron chi connectivity index (χ4n) is 5.10. The van der Waals surface area contributed by atoms with Crippen LogP contribution >= 0.6 is 0 Å². The van der Waals surface area contributed by atoms with Crippen molar-refractivity contribution in [3.8, 4) is 34.5 Å². The monoisotopic (exact) mass is 635 g/mol. The maximum absolute atomic E-state index is 13.7. The highest BCUT2D eigenvalue weighted by atomic mass is 16.6. The minimum absolute atomic E-state index is 0.115. The number of ketones is 1. The number of amides is 1. The molecule has 0 aliphatic carbocycles. The first-order valence-electron chi connectivity index (χ1n) is 14.8. The van der Waals surface area contributed by atoms with Crippen molar-refractivity contribution in [3.63, 3.8) is 0 Å². The number of aryl methyl sites for hydroxylation is 1. The number of benzene rings is 3. The summed E-state index contributed by atoms with van der Waals surface area (Å²) in [6.45, 7) is 7.29. The number of fused-ring (bicyclic) bond motifs is 1. The molecule has 0 fully saturated rings. The van der Waals surface area contributed by atoms with Crippen molar-refractivity contribution in [2.75, 3.05) is 35.0 Å². The first-order valence-corrected chi connectivity index (χ1v) is 14.8. The predicted octanol–water partition coefficient (Wildman–Crippen LogP) is 5.50. The molecule has 3 aromatic carbocycles. The molecular weight excluding hydrogens is 594 g/mol. The standard InChI is InChI=1S/C35H41NO10/c1-20-9-11-21(12-10-20)16-24(36-34(39)46-35(2,3)4)33(38)45-26-17-22(13-14-25(26)40-5)15-23-19-44-27-18-28(41-6)31(42-7)32(43-8)29(27)30(23)37/h9-14,17-18,23-24H,15-16,19H2,1-8H3,(H,36,39)/t23?,24-/m0/s1. The van der Waals surface area contributed by atoms with Crippen LogP contribution in [0, 0.1) is 12.8 Å². The number of carbonyl (C=O) groups is 3. The van der Waals surface area contributed by atoms with Gasteiger partial charge >= 0.3 is 12.1 Å². The lowest BCUT2D eigenvalue weighted by Gasteiger charge is -2.27. The number of esters is 1. The summed E-state index contributed by atoms with van der Waals surface area (Å²) in [5.74, 6) is 0.224. The van der Waals surface area contributed by atoms with E-state index in [1.165, 1.54) is 28.4 Å². The summed E-state index contributed by atoms with van der Waals surface area (Å²) in [6, 6.07) is 13.2. The van der Waals surface area contributed by atoms with Gasteiger partial charge in [0, 0.05) is 12.5 Å². The molecule has 11 heteroatoms. The van der Waals surface area contributed by atoms with Gasteiger partial charge in [0.1, 0.15) is 23.0 Å². The third-order valence-corrected chi connectivity index (χ3v) is 7.31. The van der Waals surface area contributed by atoms with E-state index in [4.69, 9.17) is 33.2 Å². The molecule has 0 saturated carbocycles. The second-order valence-corrected chi connectivity index (χ2v) is 11.9. The van der Waals surface area contributed by atoms with Crippen LogP contribution in [0.25, 0.3) is 0 Å². The highest BCUT2D eigenvalue weighted by Gasteiger charge is 2.36. The maximum atomic E-state index is 13.7. The molecule has 11 nitrogen and oxygen atoms in total. The van der Waals surface area contributed by atoms with Crippen LogP contribution in [0.2, 0.25) is 0 Å². The van der Waals surface area contributed by atoms with Crippen LogP contribution in [-0.4, -0.2) is 64.5 Å². The van der Waals surface area contributed by atoms with Gasteiger partial charge < -0.3 is 38.5 Å². The zero-order chi connectivity index (χ0) is 33.6. The second kappa shape index (κ2) is 14.4. The van der Waals surface area contributed by atoms with Crippen molar-refractivity contribution in [1.29, 1.82) is 0 Å². The number of nitrogens with one attached hydrogen (secondary N) is 1. The largest absolute Gasteiger partial charge is 0.493 e. The van der Waals surface area contributed by atoms with Gasteiger partial charge in [0.15, 0.2) is 28.8 Å². The van der Waals surface area contributed by atoms with E-state index >= 15 is 0 Å². The Balaban J connectivity index is 1.58. The smallest absolute Gasteiger partial charge is 0.408 e. The number of ether oxygens (including phenoxy) is 7. The molecule has 0 bridgehead atoms. The summed E-state index contributed by atoms with van der Waals surface area (Å²) < 4.78 is 39.1. The Morgan fingerprint density at radius 3 is 2.13 bits per heavy atom. The van der Waals surface area contributed by atoms with Gasteiger partial charge in [-0.1, -0.05) is 35.9 Å². The second-order valence-electron chi connectivity index (χ2n) is 11.9. The Morgan fingerprint density at radius 2 is 1.52 bits per heavy atom. The van der Waals surface area contributed by atoms with E-state index in [0.717, 1.165) is 11.1 Å². The highest BCUT2D eigenvalue weighted by Crippen LogP contribution is 2.47. The van der Waals surface area contributed by atoms with Gasteiger partial charge in [0.25, 0.3) is 0 Å². The average Bonchev–Trinajstić information content (AvgIpc) is 3.01. The number of alkyl carbamates (subject to hydrolysis) is 1. The lowest BCUT2D eigenvalue weighted by molar-refractivity contribution is -0.136. The topological polar surface area (TPSA) is 128 Å². The molecule has 246 valence electrons. The molecule has 3 aromatic rings. The number of hydrogen-bond donors (Lipinski definition) is 1. The van der Waals surface area contributed by atoms with Crippen LogP contribution in [0.15, 0.2) is 48.5 Å². The number of rotatable bonds is 11. The van der Waals surface area contributed by atoms with Crippen molar-refractivity contribution in [1.82, 2.24) is 5.32 Å². The Kier molecular flexibility index (Phi) is 10.7. The molecule has 0 aromatic heterocycles. The van der Waals surface area contributed by atoms with Crippen molar-refractivity contribution < 1.29 is 47.5 Å². The summed E-state index contributed by atoms with van der Waals surface area (Å²) in [4.78, 5) is 40.0. The van der Waals surface area contributed by atoms with E-state index in [0.29, 0.717) is 28.6 Å². The first-order chi connectivity index (χ1) is 21.9. The Morgan fingerprint density at radius 1 is 0.870 bits per heavy atom. The minimum atomic E-state index is -1.06. The van der Waals surface area contributed by atoms with E-state index < -0.39 is 29.6 Å². The average molecular weight is 636 g/mol. The fourth-order valence-corrected chi connectivity index (χ4v) is 5.10. The molecule has 0 spiro atoms. The van der Waals surface area contributed by atoms with Crippen LogP contribution in [0.3, 0.4) is 0 Å². The summed E-state index contributed by atoms with van der Waals surface area (Å²) in [7, 11) is 5.86.